The molecule has 128 valence electrons. The highest BCUT2D eigenvalue weighted by molar-refractivity contribution is 6.30. The average molecular weight is 361 g/mol. The van der Waals surface area contributed by atoms with Crippen molar-refractivity contribution in [3.63, 3.8) is 0 Å². The molecule has 0 amide bonds. The first-order valence-corrected chi connectivity index (χ1v) is 8.95. The first-order chi connectivity index (χ1) is 12.7. The van der Waals surface area contributed by atoms with Crippen LogP contribution in [0.3, 0.4) is 0 Å². The minimum absolute atomic E-state index is 0.639. The number of rotatable bonds is 4. The molecular weight excluding hydrogens is 344 g/mol. The van der Waals surface area contributed by atoms with Crippen LogP contribution in [0.15, 0.2) is 54.6 Å². The third kappa shape index (κ3) is 2.77. The Labute approximate surface area is 156 Å². The van der Waals surface area contributed by atoms with Crippen LogP contribution in [0.2, 0.25) is 5.02 Å². The Bertz CT molecular complexity index is 1150. The van der Waals surface area contributed by atoms with Gasteiger partial charge < -0.3 is 5.32 Å². The van der Waals surface area contributed by atoms with Crippen molar-refractivity contribution in [2.75, 3.05) is 5.32 Å². The lowest BCUT2D eigenvalue weighted by Gasteiger charge is -2.14. The second-order valence-corrected chi connectivity index (χ2v) is 6.62. The normalized spacial score (nSPS) is 11.0. The van der Waals surface area contributed by atoms with E-state index in [1.807, 2.05) is 59.0 Å². The van der Waals surface area contributed by atoms with Crippen molar-refractivity contribution in [3.05, 3.63) is 70.7 Å². The summed E-state index contributed by atoms with van der Waals surface area (Å²) in [7, 11) is 0. The van der Waals surface area contributed by atoms with E-state index in [4.69, 9.17) is 16.6 Å². The molecule has 0 atom stereocenters. The van der Waals surface area contributed by atoms with Crippen LogP contribution in [0.1, 0.15) is 24.5 Å². The number of halogens is 1. The van der Waals surface area contributed by atoms with E-state index in [0.717, 1.165) is 40.9 Å². The summed E-state index contributed by atoms with van der Waals surface area (Å²) in [5.74, 6) is 0.874. The number of nitrogens with one attached hydrogen (secondary N) is 1. The van der Waals surface area contributed by atoms with Crippen molar-refractivity contribution in [3.8, 4) is 6.07 Å². The molecule has 0 bridgehead atoms. The van der Waals surface area contributed by atoms with E-state index >= 15 is 0 Å². The zero-order chi connectivity index (χ0) is 18.1. The Kier molecular flexibility index (Phi) is 4.24. The monoisotopic (exact) mass is 360 g/mol. The molecule has 4 aromatic rings. The molecule has 0 aliphatic rings. The average Bonchev–Trinajstić information content (AvgIpc) is 3.02. The maximum absolute atomic E-state index is 9.74. The molecular formula is C21H17ClN4. The van der Waals surface area contributed by atoms with E-state index in [-0.39, 0.29) is 0 Å². The molecule has 0 saturated carbocycles. The Balaban J connectivity index is 2.02. The quantitative estimate of drug-likeness (QED) is 0.507. The highest BCUT2D eigenvalue weighted by atomic mass is 35.5. The number of pyridine rings is 1. The van der Waals surface area contributed by atoms with E-state index in [0.29, 0.717) is 16.2 Å². The number of fused-ring (bicyclic) bond motifs is 3. The van der Waals surface area contributed by atoms with Gasteiger partial charge in [0.2, 0.25) is 0 Å². The minimum atomic E-state index is 0.639. The third-order valence-corrected chi connectivity index (χ3v) is 4.62. The zero-order valence-electron chi connectivity index (χ0n) is 14.3. The Hall–Kier alpha value is -3.03. The molecule has 0 aliphatic heterocycles. The summed E-state index contributed by atoms with van der Waals surface area (Å²) in [4.78, 5) is 4.72. The number of imidazole rings is 1. The fraction of sp³-hybridized carbons (Fsp3) is 0.143. The molecule has 0 unspecified atom stereocenters. The van der Waals surface area contributed by atoms with E-state index in [1.165, 1.54) is 0 Å². The number of hydrogen-bond donors (Lipinski definition) is 1. The van der Waals surface area contributed by atoms with Crippen molar-refractivity contribution in [1.29, 1.82) is 5.26 Å². The van der Waals surface area contributed by atoms with Gasteiger partial charge >= 0.3 is 0 Å². The zero-order valence-corrected chi connectivity index (χ0v) is 15.1. The molecule has 4 rings (SSSR count). The standard InChI is InChI=1S/C21H17ClN4/c1-2-6-14-11-20(24-16-8-5-7-15(22)12-16)26-19-10-4-3-9-18(19)25-21(26)17(14)13-23/h3-5,7-12,24H,2,6H2,1H3. The number of aromatic nitrogens is 2. The van der Waals surface area contributed by atoms with Crippen LogP contribution >= 0.6 is 11.6 Å². The van der Waals surface area contributed by atoms with Crippen molar-refractivity contribution >= 4 is 39.8 Å². The van der Waals surface area contributed by atoms with Gasteiger partial charge in [0.05, 0.1) is 16.6 Å². The van der Waals surface area contributed by atoms with Crippen LogP contribution in [-0.2, 0) is 6.42 Å². The predicted octanol–water partition coefficient (Wildman–Crippen LogP) is 5.71. The van der Waals surface area contributed by atoms with Crippen LogP contribution in [0.5, 0.6) is 0 Å². The molecule has 5 heteroatoms. The van der Waals surface area contributed by atoms with Crippen LogP contribution < -0.4 is 5.32 Å². The van der Waals surface area contributed by atoms with Gasteiger partial charge in [0.25, 0.3) is 0 Å². The molecule has 0 spiro atoms. The fourth-order valence-corrected chi connectivity index (χ4v) is 3.47. The van der Waals surface area contributed by atoms with Crippen molar-refractivity contribution in [2.24, 2.45) is 0 Å². The van der Waals surface area contributed by atoms with E-state index in [2.05, 4.69) is 18.3 Å². The van der Waals surface area contributed by atoms with Gasteiger partial charge in [-0.25, -0.2) is 4.98 Å². The van der Waals surface area contributed by atoms with Crippen molar-refractivity contribution < 1.29 is 0 Å². The lowest BCUT2D eigenvalue weighted by atomic mass is 10.1. The number of anilines is 2. The Morgan fingerprint density at radius 1 is 1.15 bits per heavy atom. The fourth-order valence-electron chi connectivity index (χ4n) is 3.28. The summed E-state index contributed by atoms with van der Waals surface area (Å²) in [6.45, 7) is 2.11. The van der Waals surface area contributed by atoms with Gasteiger partial charge in [-0.1, -0.05) is 43.1 Å². The molecule has 26 heavy (non-hydrogen) atoms. The SMILES string of the molecule is CCCc1cc(Nc2cccc(Cl)c2)n2c(nc3ccccc32)c1C#N. The molecule has 0 aliphatic carbocycles. The summed E-state index contributed by atoms with van der Waals surface area (Å²) >= 11 is 6.13. The van der Waals surface area contributed by atoms with Gasteiger partial charge in [-0.05, 0) is 48.4 Å². The number of para-hydroxylation sites is 2. The van der Waals surface area contributed by atoms with Gasteiger partial charge in [-0.2, -0.15) is 5.26 Å². The number of nitriles is 1. The molecule has 0 fully saturated rings. The van der Waals surface area contributed by atoms with Crippen LogP contribution in [-0.4, -0.2) is 9.38 Å². The molecule has 2 aromatic heterocycles. The third-order valence-electron chi connectivity index (χ3n) is 4.39. The predicted molar refractivity (Wildman–Crippen MR) is 106 cm³/mol. The van der Waals surface area contributed by atoms with E-state index in [9.17, 15) is 5.26 Å². The molecule has 2 aromatic carbocycles. The smallest absolute Gasteiger partial charge is 0.157 e. The first-order valence-electron chi connectivity index (χ1n) is 8.57. The maximum Gasteiger partial charge on any atom is 0.157 e. The van der Waals surface area contributed by atoms with Crippen LogP contribution in [0.4, 0.5) is 11.5 Å². The lowest BCUT2D eigenvalue weighted by Crippen LogP contribution is -2.03. The number of benzene rings is 2. The summed E-state index contributed by atoms with van der Waals surface area (Å²) in [6.07, 6.45) is 1.79. The second-order valence-electron chi connectivity index (χ2n) is 6.19. The molecule has 1 N–H and O–H groups in total. The topological polar surface area (TPSA) is 53.1 Å². The van der Waals surface area contributed by atoms with Crippen LogP contribution in [0.25, 0.3) is 16.7 Å². The number of aryl methyl sites for hydroxylation is 1. The summed E-state index contributed by atoms with van der Waals surface area (Å²) in [5.41, 5.74) is 5.05. The van der Waals surface area contributed by atoms with Crippen molar-refractivity contribution in [2.45, 2.75) is 19.8 Å². The highest BCUT2D eigenvalue weighted by Gasteiger charge is 2.16. The van der Waals surface area contributed by atoms with Gasteiger partial charge in [-0.3, -0.25) is 4.40 Å². The van der Waals surface area contributed by atoms with E-state index in [1.54, 1.807) is 0 Å². The van der Waals surface area contributed by atoms with Crippen molar-refractivity contribution in [1.82, 2.24) is 9.38 Å². The van der Waals surface area contributed by atoms with Gasteiger partial charge in [0.15, 0.2) is 5.65 Å². The summed E-state index contributed by atoms with van der Waals surface area (Å²) in [5, 5.41) is 13.9. The highest BCUT2D eigenvalue weighted by Crippen LogP contribution is 2.30. The summed E-state index contributed by atoms with van der Waals surface area (Å²) < 4.78 is 2.01. The Morgan fingerprint density at radius 2 is 2.00 bits per heavy atom. The minimum Gasteiger partial charge on any atom is -0.341 e. The summed E-state index contributed by atoms with van der Waals surface area (Å²) in [6, 6.07) is 19.9. The molecule has 2 heterocycles. The lowest BCUT2D eigenvalue weighted by molar-refractivity contribution is 0.915. The Morgan fingerprint density at radius 3 is 2.77 bits per heavy atom. The van der Waals surface area contributed by atoms with Gasteiger partial charge in [0.1, 0.15) is 11.9 Å². The van der Waals surface area contributed by atoms with Gasteiger partial charge in [-0.15, -0.1) is 0 Å². The van der Waals surface area contributed by atoms with Crippen LogP contribution in [0, 0.1) is 11.3 Å². The van der Waals surface area contributed by atoms with Gasteiger partial charge in [0, 0.05) is 10.7 Å². The molecule has 0 radical (unpaired) electrons. The number of hydrogen-bond acceptors (Lipinski definition) is 3. The largest absolute Gasteiger partial charge is 0.341 e. The number of nitrogens with zero attached hydrogens (tertiary/aromatic N) is 3. The van der Waals surface area contributed by atoms with E-state index < -0.39 is 0 Å². The maximum atomic E-state index is 9.74. The molecule has 4 nitrogen and oxygen atoms in total. The second kappa shape index (κ2) is 6.70. The first kappa shape index (κ1) is 16.4. The molecule has 0 saturated heterocycles.